The number of rotatable bonds is 8. The molecular weight excluding hydrogens is 412 g/mol. The lowest BCUT2D eigenvalue weighted by Crippen LogP contribution is -2.22. The fourth-order valence-corrected chi connectivity index (χ4v) is 4.83. The van der Waals surface area contributed by atoms with Crippen LogP contribution in [0, 0.1) is 11.3 Å². The average molecular weight is 449 g/mol. The second-order valence-electron chi connectivity index (χ2n) is 10.5. The average Bonchev–Trinajstić information content (AvgIpc) is 3.40. The van der Waals surface area contributed by atoms with E-state index in [0.29, 0.717) is 18.1 Å². The molecule has 1 unspecified atom stereocenters. The maximum Gasteiger partial charge on any atom is 0.335 e. The number of hydrogen-bond acceptors (Lipinski definition) is 3. The molecule has 0 saturated carbocycles. The van der Waals surface area contributed by atoms with Gasteiger partial charge in [-0.1, -0.05) is 34.1 Å². The van der Waals surface area contributed by atoms with Gasteiger partial charge in [0.25, 0.3) is 0 Å². The molecule has 1 N–H and O–H groups in total. The third-order valence-corrected chi connectivity index (χ3v) is 6.41. The van der Waals surface area contributed by atoms with Crippen LogP contribution in [-0.2, 0) is 13.0 Å². The van der Waals surface area contributed by atoms with Crippen molar-refractivity contribution in [2.24, 2.45) is 11.3 Å². The van der Waals surface area contributed by atoms with Crippen LogP contribution in [0.1, 0.15) is 56.5 Å². The molecule has 2 aromatic carbocycles. The van der Waals surface area contributed by atoms with E-state index in [2.05, 4.69) is 61.6 Å². The summed E-state index contributed by atoms with van der Waals surface area (Å²) >= 11 is 0. The molecule has 4 rings (SSSR count). The first-order valence-corrected chi connectivity index (χ1v) is 12.1. The van der Waals surface area contributed by atoms with Crippen molar-refractivity contribution in [1.82, 2.24) is 4.57 Å². The number of carbonyl (C=O) groups is 1. The van der Waals surface area contributed by atoms with Crippen LogP contribution in [-0.4, -0.2) is 35.3 Å². The number of ether oxygens (including phenoxy) is 1. The molecule has 33 heavy (non-hydrogen) atoms. The van der Waals surface area contributed by atoms with E-state index < -0.39 is 5.97 Å². The van der Waals surface area contributed by atoms with Crippen molar-refractivity contribution in [2.45, 2.75) is 53.5 Å². The first kappa shape index (κ1) is 23.2. The van der Waals surface area contributed by atoms with E-state index >= 15 is 0 Å². The lowest BCUT2D eigenvalue weighted by molar-refractivity contribution is 0.0697. The molecule has 1 saturated heterocycles. The SMILES string of the molecule is CCCc1c(OCC2CCN(c3ccc(C(=O)O)cc3)C2)ccc2c1ccn2CC(C)(C)C. The minimum atomic E-state index is -0.886. The summed E-state index contributed by atoms with van der Waals surface area (Å²) in [7, 11) is 0. The van der Waals surface area contributed by atoms with Crippen LogP contribution < -0.4 is 9.64 Å². The van der Waals surface area contributed by atoms with Gasteiger partial charge in [-0.25, -0.2) is 4.79 Å². The van der Waals surface area contributed by atoms with Crippen molar-refractivity contribution in [1.29, 1.82) is 0 Å². The number of nitrogens with zero attached hydrogens (tertiary/aromatic N) is 2. The van der Waals surface area contributed by atoms with E-state index in [0.717, 1.165) is 50.3 Å². The van der Waals surface area contributed by atoms with Gasteiger partial charge in [0.15, 0.2) is 0 Å². The van der Waals surface area contributed by atoms with Gasteiger partial charge >= 0.3 is 5.97 Å². The zero-order valence-electron chi connectivity index (χ0n) is 20.3. The number of hydrogen-bond donors (Lipinski definition) is 1. The molecule has 0 bridgehead atoms. The zero-order valence-corrected chi connectivity index (χ0v) is 20.3. The van der Waals surface area contributed by atoms with Gasteiger partial charge in [-0.2, -0.15) is 0 Å². The van der Waals surface area contributed by atoms with Crippen LogP contribution in [0.5, 0.6) is 5.75 Å². The summed E-state index contributed by atoms with van der Waals surface area (Å²) in [6.07, 6.45) is 5.39. The van der Waals surface area contributed by atoms with E-state index in [-0.39, 0.29) is 5.41 Å². The van der Waals surface area contributed by atoms with Gasteiger partial charge in [0.1, 0.15) is 5.75 Å². The summed E-state index contributed by atoms with van der Waals surface area (Å²) in [4.78, 5) is 13.4. The van der Waals surface area contributed by atoms with Crippen LogP contribution in [0.15, 0.2) is 48.7 Å². The summed E-state index contributed by atoms with van der Waals surface area (Å²) in [5, 5.41) is 10.4. The lowest BCUT2D eigenvalue weighted by atomic mass is 9.97. The number of aryl methyl sites for hydroxylation is 1. The van der Waals surface area contributed by atoms with Crippen molar-refractivity contribution >= 4 is 22.6 Å². The maximum absolute atomic E-state index is 11.1. The molecule has 0 spiro atoms. The van der Waals surface area contributed by atoms with Gasteiger partial charge in [0, 0.05) is 53.9 Å². The Kier molecular flexibility index (Phi) is 6.68. The highest BCUT2D eigenvalue weighted by Crippen LogP contribution is 2.33. The zero-order chi connectivity index (χ0) is 23.6. The molecule has 5 nitrogen and oxygen atoms in total. The Balaban J connectivity index is 1.44. The van der Waals surface area contributed by atoms with E-state index in [4.69, 9.17) is 9.84 Å². The second-order valence-corrected chi connectivity index (χ2v) is 10.5. The van der Waals surface area contributed by atoms with Crippen LogP contribution >= 0.6 is 0 Å². The molecule has 1 aliphatic heterocycles. The standard InChI is InChI=1S/C28H36N2O3/c1-5-6-24-23-14-16-30(19-28(2,3)4)25(23)11-12-26(24)33-18-20-13-15-29(17-20)22-9-7-21(8-10-22)27(31)32/h7-12,14,16,20H,5-6,13,15,17-19H2,1-4H3,(H,31,32). The molecular formula is C28H36N2O3. The molecule has 1 aliphatic rings. The minimum absolute atomic E-state index is 0.230. The quantitative estimate of drug-likeness (QED) is 0.443. The van der Waals surface area contributed by atoms with Gasteiger partial charge in [0.05, 0.1) is 12.2 Å². The normalized spacial score (nSPS) is 16.5. The van der Waals surface area contributed by atoms with Crippen LogP contribution in [0.3, 0.4) is 0 Å². The topological polar surface area (TPSA) is 54.7 Å². The highest BCUT2D eigenvalue weighted by molar-refractivity contribution is 5.88. The predicted octanol–water partition coefficient (Wildman–Crippen LogP) is 6.24. The molecule has 176 valence electrons. The van der Waals surface area contributed by atoms with Gasteiger partial charge in [0.2, 0.25) is 0 Å². The maximum atomic E-state index is 11.1. The first-order valence-electron chi connectivity index (χ1n) is 12.1. The highest BCUT2D eigenvalue weighted by atomic mass is 16.5. The van der Waals surface area contributed by atoms with Crippen LogP contribution in [0.2, 0.25) is 0 Å². The van der Waals surface area contributed by atoms with Gasteiger partial charge in [-0.05, 0) is 60.7 Å². The van der Waals surface area contributed by atoms with Crippen LogP contribution in [0.4, 0.5) is 5.69 Å². The predicted molar refractivity (Wildman–Crippen MR) is 135 cm³/mol. The fourth-order valence-electron chi connectivity index (χ4n) is 4.83. The molecule has 1 atom stereocenters. The Morgan fingerprint density at radius 1 is 1.12 bits per heavy atom. The number of benzene rings is 2. The molecule has 5 heteroatoms. The van der Waals surface area contributed by atoms with E-state index in [1.807, 2.05) is 12.1 Å². The molecule has 1 fully saturated rings. The first-order chi connectivity index (χ1) is 15.7. The molecule has 0 radical (unpaired) electrons. The van der Waals surface area contributed by atoms with Crippen molar-refractivity contribution in [3.05, 3.63) is 59.8 Å². The van der Waals surface area contributed by atoms with Gasteiger partial charge in [-0.3, -0.25) is 0 Å². The smallest absolute Gasteiger partial charge is 0.335 e. The number of aromatic carboxylic acids is 1. The Labute approximate surface area is 197 Å². The van der Waals surface area contributed by atoms with Gasteiger partial charge in [-0.15, -0.1) is 0 Å². The lowest BCUT2D eigenvalue weighted by Gasteiger charge is -2.21. The van der Waals surface area contributed by atoms with E-state index in [1.54, 1.807) is 12.1 Å². The number of anilines is 1. The number of carboxylic acids is 1. The second kappa shape index (κ2) is 9.50. The number of fused-ring (bicyclic) bond motifs is 1. The van der Waals surface area contributed by atoms with Crippen molar-refractivity contribution in [3.8, 4) is 5.75 Å². The highest BCUT2D eigenvalue weighted by Gasteiger charge is 2.24. The molecule has 1 aromatic heterocycles. The molecule has 3 aromatic rings. The third kappa shape index (κ3) is 5.35. The Bertz CT molecular complexity index is 1110. The number of carboxylic acid groups (broad SMARTS) is 1. The Morgan fingerprint density at radius 3 is 2.55 bits per heavy atom. The van der Waals surface area contributed by atoms with Crippen molar-refractivity contribution in [3.63, 3.8) is 0 Å². The van der Waals surface area contributed by atoms with Crippen molar-refractivity contribution in [2.75, 3.05) is 24.6 Å². The van der Waals surface area contributed by atoms with E-state index in [1.165, 1.54) is 16.5 Å². The Hall–Kier alpha value is -2.95. The summed E-state index contributed by atoms with van der Waals surface area (Å²) in [5.74, 6) is 0.588. The number of aromatic nitrogens is 1. The fraction of sp³-hybridized carbons (Fsp3) is 0.464. The summed E-state index contributed by atoms with van der Waals surface area (Å²) in [5.41, 5.74) is 4.25. The molecule has 2 heterocycles. The Morgan fingerprint density at radius 2 is 1.88 bits per heavy atom. The molecule has 0 aliphatic carbocycles. The third-order valence-electron chi connectivity index (χ3n) is 6.41. The van der Waals surface area contributed by atoms with Crippen LogP contribution in [0.25, 0.3) is 10.9 Å². The van der Waals surface area contributed by atoms with Gasteiger partial charge < -0.3 is 19.3 Å². The summed E-state index contributed by atoms with van der Waals surface area (Å²) < 4.78 is 8.78. The monoisotopic (exact) mass is 448 g/mol. The molecule has 0 amide bonds. The minimum Gasteiger partial charge on any atom is -0.493 e. The largest absolute Gasteiger partial charge is 0.493 e. The summed E-state index contributed by atoms with van der Waals surface area (Å²) in [6, 6.07) is 13.8. The van der Waals surface area contributed by atoms with Crippen molar-refractivity contribution < 1.29 is 14.6 Å². The van der Waals surface area contributed by atoms with E-state index in [9.17, 15) is 4.79 Å². The summed E-state index contributed by atoms with van der Waals surface area (Å²) in [6.45, 7) is 12.6.